The SMILES string of the molecule is CN1CC[C@@H](c2ccc(F)cc2)[C@@H](CO)C1OS(C)(=O)=O. The molecule has 1 aromatic rings. The Morgan fingerprint density at radius 1 is 1.38 bits per heavy atom. The van der Waals surface area contributed by atoms with Crippen molar-refractivity contribution in [2.24, 2.45) is 5.92 Å². The summed E-state index contributed by atoms with van der Waals surface area (Å²) in [6, 6.07) is 6.08. The smallest absolute Gasteiger partial charge is 0.265 e. The predicted octanol–water partition coefficient (Wildman–Crippen LogP) is 1.16. The van der Waals surface area contributed by atoms with Gasteiger partial charge in [0.05, 0.1) is 12.9 Å². The summed E-state index contributed by atoms with van der Waals surface area (Å²) in [5, 5.41) is 9.69. The highest BCUT2D eigenvalue weighted by atomic mass is 32.2. The highest BCUT2D eigenvalue weighted by Gasteiger charge is 2.39. The van der Waals surface area contributed by atoms with Crippen LogP contribution in [0.4, 0.5) is 4.39 Å². The van der Waals surface area contributed by atoms with E-state index < -0.39 is 16.3 Å². The maximum Gasteiger partial charge on any atom is 0.265 e. The second-order valence-electron chi connectivity index (χ2n) is 5.46. The highest BCUT2D eigenvalue weighted by molar-refractivity contribution is 7.86. The van der Waals surface area contributed by atoms with Crippen LogP contribution in [0.15, 0.2) is 24.3 Å². The number of aliphatic hydroxyl groups is 1. The molecule has 1 aromatic carbocycles. The molecule has 3 atom stereocenters. The Balaban J connectivity index is 2.28. The fourth-order valence-corrected chi connectivity index (χ4v) is 3.52. The molecule has 0 saturated carbocycles. The maximum atomic E-state index is 13.0. The van der Waals surface area contributed by atoms with Crippen LogP contribution in [0.3, 0.4) is 0 Å². The van der Waals surface area contributed by atoms with E-state index >= 15 is 0 Å². The minimum atomic E-state index is -3.62. The van der Waals surface area contributed by atoms with E-state index in [0.717, 1.165) is 18.2 Å². The van der Waals surface area contributed by atoms with Crippen LogP contribution < -0.4 is 0 Å². The van der Waals surface area contributed by atoms with Crippen LogP contribution in [0.1, 0.15) is 17.9 Å². The average Bonchev–Trinajstić information content (AvgIpc) is 2.40. The van der Waals surface area contributed by atoms with E-state index in [-0.39, 0.29) is 24.3 Å². The van der Waals surface area contributed by atoms with Gasteiger partial charge in [0, 0.05) is 12.5 Å². The topological polar surface area (TPSA) is 66.8 Å². The maximum absolute atomic E-state index is 13.0. The number of nitrogens with zero attached hydrogens (tertiary/aromatic N) is 1. The molecule has 7 heteroatoms. The van der Waals surface area contributed by atoms with E-state index in [1.54, 1.807) is 24.1 Å². The minimum Gasteiger partial charge on any atom is -0.396 e. The van der Waals surface area contributed by atoms with Crippen LogP contribution >= 0.6 is 0 Å². The number of halogens is 1. The van der Waals surface area contributed by atoms with E-state index in [4.69, 9.17) is 4.18 Å². The Kier molecular flexibility index (Phi) is 4.98. The Morgan fingerprint density at radius 3 is 2.52 bits per heavy atom. The average molecular weight is 317 g/mol. The van der Waals surface area contributed by atoms with Crippen LogP contribution in [0, 0.1) is 11.7 Å². The molecule has 1 aliphatic rings. The lowest BCUT2D eigenvalue weighted by atomic mass is 9.80. The van der Waals surface area contributed by atoms with Crippen molar-refractivity contribution < 1.29 is 22.1 Å². The third-order valence-electron chi connectivity index (χ3n) is 3.89. The Bertz CT molecular complexity index is 575. The molecule has 0 amide bonds. The molecule has 1 N–H and O–H groups in total. The second-order valence-corrected chi connectivity index (χ2v) is 7.07. The van der Waals surface area contributed by atoms with Gasteiger partial charge < -0.3 is 5.11 Å². The van der Waals surface area contributed by atoms with Gasteiger partial charge in [0.1, 0.15) is 12.0 Å². The lowest BCUT2D eigenvalue weighted by Crippen LogP contribution is -2.49. The zero-order chi connectivity index (χ0) is 15.6. The molecule has 1 fully saturated rings. The molecule has 0 aromatic heterocycles. The summed E-state index contributed by atoms with van der Waals surface area (Å²) < 4.78 is 41.0. The number of hydrogen-bond acceptors (Lipinski definition) is 5. The highest BCUT2D eigenvalue weighted by Crippen LogP contribution is 2.37. The van der Waals surface area contributed by atoms with Gasteiger partial charge in [-0.1, -0.05) is 12.1 Å². The van der Waals surface area contributed by atoms with Gasteiger partial charge in [-0.25, -0.2) is 4.39 Å². The van der Waals surface area contributed by atoms with Crippen LogP contribution in [0.2, 0.25) is 0 Å². The van der Waals surface area contributed by atoms with E-state index in [2.05, 4.69) is 0 Å². The number of benzene rings is 1. The third kappa shape index (κ3) is 4.00. The van der Waals surface area contributed by atoms with Crippen molar-refractivity contribution in [3.05, 3.63) is 35.6 Å². The number of likely N-dealkylation sites (tertiary alicyclic amines) is 1. The summed E-state index contributed by atoms with van der Waals surface area (Å²) in [6.07, 6.45) is 1.03. The summed E-state index contributed by atoms with van der Waals surface area (Å²) in [7, 11) is -1.86. The van der Waals surface area contributed by atoms with Crippen molar-refractivity contribution in [1.82, 2.24) is 4.90 Å². The van der Waals surface area contributed by atoms with Gasteiger partial charge in [0.25, 0.3) is 10.1 Å². The van der Waals surface area contributed by atoms with Gasteiger partial charge >= 0.3 is 0 Å². The molecule has 2 rings (SSSR count). The molecule has 0 spiro atoms. The van der Waals surface area contributed by atoms with Gasteiger partial charge in [0.2, 0.25) is 0 Å². The Hall–Kier alpha value is -1.02. The van der Waals surface area contributed by atoms with Crippen LogP contribution in [0.25, 0.3) is 0 Å². The van der Waals surface area contributed by atoms with E-state index in [1.165, 1.54) is 12.1 Å². The monoisotopic (exact) mass is 317 g/mol. The predicted molar refractivity (Wildman–Crippen MR) is 76.7 cm³/mol. The van der Waals surface area contributed by atoms with Gasteiger partial charge in [-0.05, 0) is 37.1 Å². The van der Waals surface area contributed by atoms with Gasteiger partial charge in [-0.2, -0.15) is 8.42 Å². The fourth-order valence-electron chi connectivity index (χ4n) is 2.87. The molecule has 118 valence electrons. The normalized spacial score (nSPS) is 27.7. The molecule has 1 saturated heterocycles. The molecular weight excluding hydrogens is 297 g/mol. The first kappa shape index (κ1) is 16.4. The van der Waals surface area contributed by atoms with Gasteiger partial charge in [0.15, 0.2) is 0 Å². The largest absolute Gasteiger partial charge is 0.396 e. The molecule has 5 nitrogen and oxygen atoms in total. The van der Waals surface area contributed by atoms with Crippen molar-refractivity contribution in [2.45, 2.75) is 18.6 Å². The fraction of sp³-hybridized carbons (Fsp3) is 0.571. The van der Waals surface area contributed by atoms with Crippen LogP contribution in [0.5, 0.6) is 0 Å². The van der Waals surface area contributed by atoms with Crippen molar-refractivity contribution >= 4 is 10.1 Å². The number of aliphatic hydroxyl groups excluding tert-OH is 1. The first-order valence-electron chi connectivity index (χ1n) is 6.76. The first-order chi connectivity index (χ1) is 9.81. The van der Waals surface area contributed by atoms with Crippen molar-refractivity contribution in [3.8, 4) is 0 Å². The molecule has 0 radical (unpaired) electrons. The molecule has 1 unspecified atom stereocenters. The van der Waals surface area contributed by atoms with E-state index in [1.807, 2.05) is 0 Å². The summed E-state index contributed by atoms with van der Waals surface area (Å²) in [5.41, 5.74) is 0.880. The zero-order valence-corrected chi connectivity index (χ0v) is 12.9. The standard InChI is InChI=1S/C14H20FNO4S/c1-16-8-7-12(10-3-5-11(15)6-4-10)13(9-17)14(16)20-21(2,18)19/h3-6,12-14,17H,7-9H2,1-2H3/t12-,13+,14?/m0/s1. The Morgan fingerprint density at radius 2 is 2.00 bits per heavy atom. The molecular formula is C14H20FNO4S. The quantitative estimate of drug-likeness (QED) is 0.844. The number of rotatable bonds is 4. The zero-order valence-electron chi connectivity index (χ0n) is 12.1. The van der Waals surface area contributed by atoms with Crippen molar-refractivity contribution in [3.63, 3.8) is 0 Å². The molecule has 0 aliphatic carbocycles. The first-order valence-corrected chi connectivity index (χ1v) is 8.58. The number of hydrogen-bond donors (Lipinski definition) is 1. The van der Waals surface area contributed by atoms with Gasteiger partial charge in [-0.15, -0.1) is 0 Å². The third-order valence-corrected chi connectivity index (χ3v) is 4.44. The lowest BCUT2D eigenvalue weighted by molar-refractivity contribution is -0.0555. The van der Waals surface area contributed by atoms with Crippen LogP contribution in [-0.2, 0) is 14.3 Å². The molecule has 1 aliphatic heterocycles. The van der Waals surface area contributed by atoms with Gasteiger partial charge in [-0.3, -0.25) is 9.08 Å². The Labute approximate surface area is 124 Å². The van der Waals surface area contributed by atoms with Crippen molar-refractivity contribution in [1.29, 1.82) is 0 Å². The summed E-state index contributed by atoms with van der Waals surface area (Å²) in [6.45, 7) is 0.436. The second kappa shape index (κ2) is 6.39. The molecule has 21 heavy (non-hydrogen) atoms. The summed E-state index contributed by atoms with van der Waals surface area (Å²) in [4.78, 5) is 1.78. The van der Waals surface area contributed by atoms with Crippen LogP contribution in [-0.4, -0.2) is 51.1 Å². The van der Waals surface area contributed by atoms with E-state index in [0.29, 0.717) is 6.54 Å². The minimum absolute atomic E-state index is 0.0708. The lowest BCUT2D eigenvalue weighted by Gasteiger charge is -2.42. The number of piperidine rings is 1. The van der Waals surface area contributed by atoms with Crippen molar-refractivity contribution in [2.75, 3.05) is 26.5 Å². The summed E-state index contributed by atoms with van der Waals surface area (Å²) >= 11 is 0. The molecule has 0 bridgehead atoms. The van der Waals surface area contributed by atoms with E-state index in [9.17, 15) is 17.9 Å². The summed E-state index contributed by atoms with van der Waals surface area (Å²) in [5.74, 6) is -0.779. The molecule has 1 heterocycles.